The molecule has 1 aliphatic rings. The van der Waals surface area contributed by atoms with Crippen molar-refractivity contribution in [1.29, 1.82) is 0 Å². The maximum atomic E-state index is 12.9. The average Bonchev–Trinajstić information content (AvgIpc) is 2.70. The molecule has 0 saturated carbocycles. The van der Waals surface area contributed by atoms with Crippen molar-refractivity contribution in [3.05, 3.63) is 60.2 Å². The summed E-state index contributed by atoms with van der Waals surface area (Å²) < 4.78 is 5.86. The van der Waals surface area contributed by atoms with Crippen LogP contribution in [0.2, 0.25) is 0 Å². The van der Waals surface area contributed by atoms with Gasteiger partial charge in [-0.2, -0.15) is 0 Å². The predicted molar refractivity (Wildman–Crippen MR) is 117 cm³/mol. The van der Waals surface area contributed by atoms with E-state index in [1.807, 2.05) is 31.2 Å². The first-order valence-corrected chi connectivity index (χ1v) is 9.88. The number of nitrogens with one attached hydrogen (secondary N) is 1. The molecule has 1 heterocycles. The molecule has 0 atom stereocenters. The van der Waals surface area contributed by atoms with Gasteiger partial charge in [-0.25, -0.2) is 0 Å². The number of hydrogen-bond donors (Lipinski definition) is 2. The number of carbonyl (C=O) groups excluding carboxylic acids is 2. The Bertz CT molecular complexity index is 1150. The Labute approximate surface area is 175 Å². The molecule has 3 aromatic carbocycles. The highest BCUT2D eigenvalue weighted by Gasteiger charge is 2.40. The molecule has 6 nitrogen and oxygen atoms in total. The van der Waals surface area contributed by atoms with Crippen molar-refractivity contribution in [3.8, 4) is 11.5 Å². The van der Waals surface area contributed by atoms with Crippen LogP contribution in [0, 0.1) is 6.92 Å². The number of benzene rings is 3. The van der Waals surface area contributed by atoms with Crippen molar-refractivity contribution in [3.63, 3.8) is 0 Å². The van der Waals surface area contributed by atoms with Gasteiger partial charge in [-0.3, -0.25) is 9.59 Å². The van der Waals surface area contributed by atoms with Crippen molar-refractivity contribution in [1.82, 2.24) is 0 Å². The van der Waals surface area contributed by atoms with Gasteiger partial charge in [0.15, 0.2) is 5.60 Å². The van der Waals surface area contributed by atoms with Gasteiger partial charge in [-0.15, -0.1) is 0 Å². The zero-order chi connectivity index (χ0) is 21.5. The van der Waals surface area contributed by atoms with Gasteiger partial charge >= 0.3 is 0 Å². The third-order valence-electron chi connectivity index (χ3n) is 5.27. The number of ether oxygens (including phenoxy) is 1. The fourth-order valence-electron chi connectivity index (χ4n) is 3.73. The minimum atomic E-state index is -0.994. The van der Waals surface area contributed by atoms with Crippen LogP contribution in [-0.4, -0.2) is 29.1 Å². The highest BCUT2D eigenvalue weighted by atomic mass is 16.5. The lowest BCUT2D eigenvalue weighted by molar-refractivity contribution is -0.132. The van der Waals surface area contributed by atoms with Crippen LogP contribution in [0.4, 0.5) is 11.4 Å². The SMILES string of the molecule is Cc1ccc2c(c1)N(CCC(=O)Nc1cccc3c(O)cccc13)C(=O)C(C)(C)O2. The van der Waals surface area contributed by atoms with Gasteiger partial charge in [-0.05, 0) is 50.6 Å². The molecule has 2 amide bonds. The second kappa shape index (κ2) is 7.37. The van der Waals surface area contributed by atoms with Crippen molar-refractivity contribution >= 4 is 34.0 Å². The number of hydrogen-bond acceptors (Lipinski definition) is 4. The van der Waals surface area contributed by atoms with Gasteiger partial charge in [-0.1, -0.05) is 30.3 Å². The summed E-state index contributed by atoms with van der Waals surface area (Å²) in [6, 6.07) is 16.3. The monoisotopic (exact) mass is 404 g/mol. The zero-order valence-corrected chi connectivity index (χ0v) is 17.2. The smallest absolute Gasteiger partial charge is 0.270 e. The fraction of sp³-hybridized carbons (Fsp3) is 0.250. The Balaban J connectivity index is 1.54. The molecule has 0 aromatic heterocycles. The van der Waals surface area contributed by atoms with Gasteiger partial charge < -0.3 is 20.1 Å². The van der Waals surface area contributed by atoms with E-state index < -0.39 is 5.60 Å². The number of phenolic OH excluding ortho intramolecular Hbond substituents is 1. The molecule has 0 saturated heterocycles. The Morgan fingerprint density at radius 1 is 1.10 bits per heavy atom. The summed E-state index contributed by atoms with van der Waals surface area (Å²) in [5.41, 5.74) is 1.32. The van der Waals surface area contributed by atoms with Crippen molar-refractivity contribution in [2.75, 3.05) is 16.8 Å². The molecule has 3 aromatic rings. The first-order chi connectivity index (χ1) is 14.3. The third-order valence-corrected chi connectivity index (χ3v) is 5.27. The topological polar surface area (TPSA) is 78.9 Å². The zero-order valence-electron chi connectivity index (χ0n) is 17.2. The Hall–Kier alpha value is -3.54. The molecule has 0 aliphatic carbocycles. The van der Waals surface area contributed by atoms with Crippen LogP contribution in [-0.2, 0) is 9.59 Å². The van der Waals surface area contributed by atoms with Crippen LogP contribution in [0.3, 0.4) is 0 Å². The maximum absolute atomic E-state index is 12.9. The average molecular weight is 404 g/mol. The molecular weight excluding hydrogens is 380 g/mol. The summed E-state index contributed by atoms with van der Waals surface area (Å²) in [7, 11) is 0. The first kappa shape index (κ1) is 19.8. The number of aromatic hydroxyl groups is 1. The van der Waals surface area contributed by atoms with Gasteiger partial charge in [0.05, 0.1) is 5.69 Å². The molecule has 0 radical (unpaired) electrons. The molecule has 1 aliphatic heterocycles. The summed E-state index contributed by atoms with van der Waals surface area (Å²) in [4.78, 5) is 27.3. The van der Waals surface area contributed by atoms with E-state index in [4.69, 9.17) is 4.74 Å². The van der Waals surface area contributed by atoms with Crippen molar-refractivity contribution < 1.29 is 19.4 Å². The highest BCUT2D eigenvalue weighted by molar-refractivity contribution is 6.05. The van der Waals surface area contributed by atoms with E-state index in [0.717, 1.165) is 10.9 Å². The van der Waals surface area contributed by atoms with Crippen LogP contribution in [0.15, 0.2) is 54.6 Å². The molecule has 0 fully saturated rings. The number of anilines is 2. The third kappa shape index (κ3) is 3.56. The van der Waals surface area contributed by atoms with E-state index in [2.05, 4.69) is 5.32 Å². The molecule has 0 bridgehead atoms. The Kier molecular flexibility index (Phi) is 4.86. The van der Waals surface area contributed by atoms with Gasteiger partial charge in [0.25, 0.3) is 5.91 Å². The summed E-state index contributed by atoms with van der Waals surface area (Å²) in [5.74, 6) is 0.410. The van der Waals surface area contributed by atoms with Crippen LogP contribution in [0.5, 0.6) is 11.5 Å². The highest BCUT2D eigenvalue weighted by Crippen LogP contribution is 2.38. The van der Waals surface area contributed by atoms with Gasteiger partial charge in [0.2, 0.25) is 5.91 Å². The molecule has 2 N–H and O–H groups in total. The van der Waals surface area contributed by atoms with Crippen LogP contribution >= 0.6 is 0 Å². The summed E-state index contributed by atoms with van der Waals surface area (Å²) in [5, 5.41) is 14.4. The lowest BCUT2D eigenvalue weighted by atomic mass is 10.0. The van der Waals surface area contributed by atoms with Crippen LogP contribution in [0.1, 0.15) is 25.8 Å². The first-order valence-electron chi connectivity index (χ1n) is 9.88. The Morgan fingerprint density at radius 3 is 2.63 bits per heavy atom. The molecular formula is C24H24N2O4. The normalized spacial score (nSPS) is 14.9. The molecule has 0 spiro atoms. The fourth-order valence-corrected chi connectivity index (χ4v) is 3.73. The van der Waals surface area contributed by atoms with Gasteiger partial charge in [0.1, 0.15) is 11.5 Å². The van der Waals surface area contributed by atoms with E-state index >= 15 is 0 Å². The lowest BCUT2D eigenvalue weighted by Gasteiger charge is -2.38. The summed E-state index contributed by atoms with van der Waals surface area (Å²) >= 11 is 0. The Morgan fingerprint density at radius 2 is 1.83 bits per heavy atom. The van der Waals surface area contributed by atoms with Crippen LogP contribution < -0.4 is 15.0 Å². The number of fused-ring (bicyclic) bond motifs is 2. The maximum Gasteiger partial charge on any atom is 0.270 e. The van der Waals surface area contributed by atoms with Crippen molar-refractivity contribution in [2.24, 2.45) is 0 Å². The number of nitrogens with zero attached hydrogens (tertiary/aromatic N) is 1. The molecule has 6 heteroatoms. The van der Waals surface area contributed by atoms with E-state index in [1.165, 1.54) is 0 Å². The molecule has 4 rings (SSSR count). The second-order valence-corrected chi connectivity index (χ2v) is 8.02. The largest absolute Gasteiger partial charge is 0.507 e. The van der Waals surface area contributed by atoms with E-state index in [1.54, 1.807) is 49.1 Å². The van der Waals surface area contributed by atoms with E-state index in [-0.39, 0.29) is 30.5 Å². The molecule has 30 heavy (non-hydrogen) atoms. The van der Waals surface area contributed by atoms with E-state index in [9.17, 15) is 14.7 Å². The quantitative estimate of drug-likeness (QED) is 0.676. The van der Waals surface area contributed by atoms with Crippen LogP contribution in [0.25, 0.3) is 10.8 Å². The standard InChI is InChI=1S/C24H24N2O4/c1-15-10-11-21-19(14-15)26(23(29)24(2,3)30-21)13-12-22(28)25-18-8-4-7-17-16(18)6-5-9-20(17)27/h4-11,14,27H,12-13H2,1-3H3,(H,25,28). The second-order valence-electron chi connectivity index (χ2n) is 8.02. The predicted octanol–water partition coefficient (Wildman–Crippen LogP) is 4.39. The number of aryl methyl sites for hydroxylation is 1. The van der Waals surface area contributed by atoms with Gasteiger partial charge in [0, 0.05) is 29.4 Å². The minimum absolute atomic E-state index is 0.129. The van der Waals surface area contributed by atoms with Crippen molar-refractivity contribution in [2.45, 2.75) is 32.8 Å². The van der Waals surface area contributed by atoms with E-state index in [0.29, 0.717) is 22.5 Å². The molecule has 0 unspecified atom stereocenters. The summed E-state index contributed by atoms with van der Waals surface area (Å²) in [6.45, 7) is 5.65. The number of phenols is 1. The number of carbonyl (C=O) groups is 2. The minimum Gasteiger partial charge on any atom is -0.507 e. The number of amides is 2. The molecule has 154 valence electrons. The lowest BCUT2D eigenvalue weighted by Crippen LogP contribution is -2.53. The summed E-state index contributed by atoms with van der Waals surface area (Å²) in [6.07, 6.45) is 0.129. The number of rotatable bonds is 4.